The standard InChI is InChI=1S/C18H20O3S.C11H14O2/c1-4-14(3)16-8-10-17(11-9-16)21-22(19,20)18-12-6-15(5-2)7-13-18;1-3-8(2)9-4-6-10(7-5-9)11(12)13/h5-14H,2,4H2,1,3H3;4-8H,3H2,1-2H3,(H,12,13). The van der Waals surface area contributed by atoms with E-state index in [1.54, 1.807) is 42.5 Å². The summed E-state index contributed by atoms with van der Waals surface area (Å²) in [6.07, 6.45) is 3.77. The Kier molecular flexibility index (Phi) is 10.3. The number of carbonyl (C=O) groups is 1. The lowest BCUT2D eigenvalue weighted by molar-refractivity contribution is 0.0697. The highest BCUT2D eigenvalue weighted by Gasteiger charge is 2.16. The van der Waals surface area contributed by atoms with Gasteiger partial charge >= 0.3 is 16.1 Å². The molecule has 186 valence electrons. The zero-order valence-corrected chi connectivity index (χ0v) is 21.6. The minimum Gasteiger partial charge on any atom is -0.478 e. The quantitative estimate of drug-likeness (QED) is 0.311. The lowest BCUT2D eigenvalue weighted by atomic mass is 9.98. The Morgan fingerprint density at radius 1 is 0.857 bits per heavy atom. The van der Waals surface area contributed by atoms with E-state index in [1.165, 1.54) is 23.3 Å². The normalized spacial score (nSPS) is 12.6. The summed E-state index contributed by atoms with van der Waals surface area (Å²) in [4.78, 5) is 10.7. The smallest absolute Gasteiger partial charge is 0.339 e. The van der Waals surface area contributed by atoms with Crippen LogP contribution >= 0.6 is 0 Å². The predicted molar refractivity (Wildman–Crippen MR) is 142 cm³/mol. The van der Waals surface area contributed by atoms with E-state index in [9.17, 15) is 13.2 Å². The average Bonchev–Trinajstić information content (AvgIpc) is 2.88. The molecule has 0 radical (unpaired) electrons. The highest BCUT2D eigenvalue weighted by molar-refractivity contribution is 7.87. The van der Waals surface area contributed by atoms with Crippen LogP contribution in [0.5, 0.6) is 5.75 Å². The lowest BCUT2D eigenvalue weighted by Crippen LogP contribution is -2.09. The van der Waals surface area contributed by atoms with Crippen molar-refractivity contribution in [2.75, 3.05) is 0 Å². The van der Waals surface area contributed by atoms with Gasteiger partial charge in [0.25, 0.3) is 0 Å². The fourth-order valence-corrected chi connectivity index (χ4v) is 4.15. The molecule has 0 saturated carbocycles. The van der Waals surface area contributed by atoms with Gasteiger partial charge < -0.3 is 9.29 Å². The van der Waals surface area contributed by atoms with E-state index in [-0.39, 0.29) is 4.90 Å². The van der Waals surface area contributed by atoms with Crippen molar-refractivity contribution in [3.63, 3.8) is 0 Å². The van der Waals surface area contributed by atoms with Gasteiger partial charge in [-0.05, 0) is 77.8 Å². The van der Waals surface area contributed by atoms with Crippen molar-refractivity contribution in [3.8, 4) is 5.75 Å². The van der Waals surface area contributed by atoms with Crippen molar-refractivity contribution < 1.29 is 22.5 Å². The molecule has 6 heteroatoms. The van der Waals surface area contributed by atoms with Crippen LogP contribution < -0.4 is 4.18 Å². The highest BCUT2D eigenvalue weighted by Crippen LogP contribution is 2.24. The summed E-state index contributed by atoms with van der Waals surface area (Å²) in [6.45, 7) is 12.1. The Morgan fingerprint density at radius 3 is 1.71 bits per heavy atom. The second kappa shape index (κ2) is 12.9. The molecule has 0 fully saturated rings. The van der Waals surface area contributed by atoms with Crippen LogP contribution in [0, 0.1) is 0 Å². The van der Waals surface area contributed by atoms with Crippen LogP contribution in [0.4, 0.5) is 0 Å². The summed E-state index contributed by atoms with van der Waals surface area (Å²) in [5.41, 5.74) is 3.58. The van der Waals surface area contributed by atoms with Crippen LogP contribution in [0.15, 0.2) is 84.3 Å². The van der Waals surface area contributed by atoms with Crippen molar-refractivity contribution in [3.05, 3.63) is 102 Å². The van der Waals surface area contributed by atoms with Crippen molar-refractivity contribution in [2.45, 2.75) is 57.3 Å². The Labute approximate surface area is 209 Å². The van der Waals surface area contributed by atoms with Gasteiger partial charge in [0.2, 0.25) is 0 Å². The zero-order valence-electron chi connectivity index (χ0n) is 20.8. The van der Waals surface area contributed by atoms with E-state index >= 15 is 0 Å². The van der Waals surface area contributed by atoms with Gasteiger partial charge in [0, 0.05) is 0 Å². The number of carboxylic acids is 1. The summed E-state index contributed by atoms with van der Waals surface area (Å²) in [5.74, 6) is 0.399. The molecule has 0 aromatic heterocycles. The highest BCUT2D eigenvalue weighted by atomic mass is 32.2. The molecule has 3 rings (SSSR count). The number of aromatic carboxylic acids is 1. The third-order valence-electron chi connectivity index (χ3n) is 6.01. The van der Waals surface area contributed by atoms with Gasteiger partial charge in [-0.1, -0.05) is 76.7 Å². The summed E-state index contributed by atoms with van der Waals surface area (Å²) in [7, 11) is -3.81. The maximum Gasteiger partial charge on any atom is 0.339 e. The maximum atomic E-state index is 12.2. The number of benzene rings is 3. The van der Waals surface area contributed by atoms with Gasteiger partial charge in [0.15, 0.2) is 0 Å². The molecule has 0 aliphatic rings. The number of carboxylic acid groups (broad SMARTS) is 1. The first-order chi connectivity index (χ1) is 16.6. The molecule has 0 aliphatic heterocycles. The van der Waals surface area contributed by atoms with E-state index in [1.807, 2.05) is 24.3 Å². The van der Waals surface area contributed by atoms with Gasteiger partial charge in [-0.3, -0.25) is 0 Å². The molecule has 0 amide bonds. The monoisotopic (exact) mass is 494 g/mol. The van der Waals surface area contributed by atoms with Crippen LogP contribution in [0.3, 0.4) is 0 Å². The Balaban J connectivity index is 0.000000283. The van der Waals surface area contributed by atoms with Gasteiger partial charge in [0.05, 0.1) is 5.56 Å². The fraction of sp³-hybridized carbons (Fsp3) is 0.276. The number of hydrogen-bond donors (Lipinski definition) is 1. The van der Waals surface area contributed by atoms with Crippen molar-refractivity contribution in [1.82, 2.24) is 0 Å². The molecule has 0 heterocycles. The van der Waals surface area contributed by atoms with Gasteiger partial charge in [0.1, 0.15) is 10.6 Å². The molecule has 0 bridgehead atoms. The SMILES string of the molecule is C=Cc1ccc(S(=O)(=O)Oc2ccc(C(C)CC)cc2)cc1.CCC(C)c1ccc(C(=O)O)cc1. The molecule has 35 heavy (non-hydrogen) atoms. The first kappa shape index (κ1) is 27.9. The first-order valence-electron chi connectivity index (χ1n) is 11.7. The molecule has 0 spiro atoms. The van der Waals surface area contributed by atoms with Crippen LogP contribution in [0.25, 0.3) is 6.08 Å². The second-order valence-electron chi connectivity index (χ2n) is 8.43. The molecule has 3 aromatic rings. The third-order valence-corrected chi connectivity index (χ3v) is 7.27. The molecule has 0 saturated heterocycles. The van der Waals surface area contributed by atoms with E-state index in [0.29, 0.717) is 23.1 Å². The molecule has 2 unspecified atom stereocenters. The van der Waals surface area contributed by atoms with Gasteiger partial charge in [-0.25, -0.2) is 4.79 Å². The summed E-state index contributed by atoms with van der Waals surface area (Å²) in [5, 5.41) is 8.67. The molecular formula is C29H34O5S. The Hall–Kier alpha value is -3.38. The van der Waals surface area contributed by atoms with Crippen molar-refractivity contribution in [2.24, 2.45) is 0 Å². The molecule has 3 aromatic carbocycles. The van der Waals surface area contributed by atoms with Crippen LogP contribution in [0.2, 0.25) is 0 Å². The van der Waals surface area contributed by atoms with Gasteiger partial charge in [-0.15, -0.1) is 0 Å². The van der Waals surface area contributed by atoms with E-state index < -0.39 is 16.1 Å². The number of rotatable bonds is 9. The Bertz CT molecular complexity index is 1200. The van der Waals surface area contributed by atoms with Crippen molar-refractivity contribution in [1.29, 1.82) is 0 Å². The van der Waals surface area contributed by atoms with E-state index in [2.05, 4.69) is 34.3 Å². The van der Waals surface area contributed by atoms with E-state index in [4.69, 9.17) is 9.29 Å². The minimum atomic E-state index is -3.81. The predicted octanol–water partition coefficient (Wildman–Crippen LogP) is 7.51. The molecular weight excluding hydrogens is 460 g/mol. The molecule has 5 nitrogen and oxygen atoms in total. The summed E-state index contributed by atoms with van der Waals surface area (Å²) < 4.78 is 29.6. The minimum absolute atomic E-state index is 0.129. The average molecular weight is 495 g/mol. The summed E-state index contributed by atoms with van der Waals surface area (Å²) >= 11 is 0. The van der Waals surface area contributed by atoms with Crippen molar-refractivity contribution >= 4 is 22.2 Å². The zero-order chi connectivity index (χ0) is 26.0. The molecule has 0 aliphatic carbocycles. The summed E-state index contributed by atoms with van der Waals surface area (Å²) in [6, 6.07) is 20.7. The van der Waals surface area contributed by atoms with Gasteiger partial charge in [-0.2, -0.15) is 8.42 Å². The van der Waals surface area contributed by atoms with E-state index in [0.717, 1.165) is 18.4 Å². The maximum absolute atomic E-state index is 12.2. The van der Waals surface area contributed by atoms with Crippen LogP contribution in [-0.4, -0.2) is 19.5 Å². The number of hydrogen-bond acceptors (Lipinski definition) is 4. The fourth-order valence-electron chi connectivity index (χ4n) is 3.22. The van der Waals surface area contributed by atoms with Crippen LogP contribution in [0.1, 0.15) is 79.4 Å². The Morgan fingerprint density at radius 2 is 1.31 bits per heavy atom. The largest absolute Gasteiger partial charge is 0.478 e. The second-order valence-corrected chi connectivity index (χ2v) is 9.97. The lowest BCUT2D eigenvalue weighted by Gasteiger charge is -2.11. The van der Waals surface area contributed by atoms with Crippen LogP contribution in [-0.2, 0) is 10.1 Å². The molecule has 2 atom stereocenters. The topological polar surface area (TPSA) is 80.7 Å². The third kappa shape index (κ3) is 8.11. The first-order valence-corrected chi connectivity index (χ1v) is 13.1. The molecule has 1 N–H and O–H groups in total.